The van der Waals surface area contributed by atoms with Gasteiger partial charge >= 0.3 is 0 Å². The largest absolute Gasteiger partial charge is 0.400 e. The van der Waals surface area contributed by atoms with E-state index in [1.165, 1.54) is 5.57 Å². The lowest BCUT2D eigenvalue weighted by Crippen LogP contribution is -2.03. The van der Waals surface area contributed by atoms with Crippen molar-refractivity contribution < 1.29 is 4.74 Å². The van der Waals surface area contributed by atoms with E-state index in [-0.39, 0.29) is 0 Å². The van der Waals surface area contributed by atoms with E-state index in [0.717, 1.165) is 12.1 Å². The average Bonchev–Trinajstić information content (AvgIpc) is 2.01. The predicted molar refractivity (Wildman–Crippen MR) is 48.2 cm³/mol. The Morgan fingerprint density at radius 1 is 1.45 bits per heavy atom. The highest BCUT2D eigenvalue weighted by atomic mass is 16.5. The molecule has 0 aromatic heterocycles. The molecule has 0 amide bonds. The molecule has 0 heterocycles. The molecular formula is C9H17NO. The third-order valence-electron chi connectivity index (χ3n) is 1.45. The van der Waals surface area contributed by atoms with E-state index in [1.54, 1.807) is 7.11 Å². The number of rotatable bonds is 4. The minimum atomic E-state index is 0.507. The molecule has 0 aromatic rings. The summed E-state index contributed by atoms with van der Waals surface area (Å²) in [5, 5.41) is 0. The zero-order valence-corrected chi connectivity index (χ0v) is 7.55. The summed E-state index contributed by atoms with van der Waals surface area (Å²) in [7, 11) is 1.64. The van der Waals surface area contributed by atoms with E-state index >= 15 is 0 Å². The van der Waals surface area contributed by atoms with Crippen molar-refractivity contribution in [3.05, 3.63) is 23.4 Å². The van der Waals surface area contributed by atoms with Crippen LogP contribution in [-0.4, -0.2) is 13.7 Å². The third kappa shape index (κ3) is 5.67. The average molecular weight is 155 g/mol. The van der Waals surface area contributed by atoms with Gasteiger partial charge < -0.3 is 10.5 Å². The first-order valence-corrected chi connectivity index (χ1v) is 3.81. The molecule has 0 aliphatic heterocycles. The molecule has 0 bridgehead atoms. The van der Waals surface area contributed by atoms with Crippen LogP contribution < -0.4 is 5.73 Å². The molecule has 0 rings (SSSR count). The molecule has 0 aromatic carbocycles. The molecule has 2 N–H and O–H groups in total. The zero-order valence-electron chi connectivity index (χ0n) is 7.55. The van der Waals surface area contributed by atoms with Gasteiger partial charge in [-0.1, -0.05) is 18.6 Å². The van der Waals surface area contributed by atoms with Crippen LogP contribution in [0.1, 0.15) is 20.3 Å². The van der Waals surface area contributed by atoms with E-state index in [2.05, 4.69) is 13.8 Å². The molecule has 0 unspecified atom stereocenters. The van der Waals surface area contributed by atoms with Crippen LogP contribution in [0.15, 0.2) is 23.4 Å². The zero-order chi connectivity index (χ0) is 8.69. The van der Waals surface area contributed by atoms with Gasteiger partial charge in [-0.25, -0.2) is 0 Å². The van der Waals surface area contributed by atoms with E-state index in [9.17, 15) is 0 Å². The van der Waals surface area contributed by atoms with Crippen LogP contribution in [0.3, 0.4) is 0 Å². The van der Waals surface area contributed by atoms with Gasteiger partial charge in [0.05, 0.1) is 6.61 Å². The molecule has 0 aliphatic rings. The van der Waals surface area contributed by atoms with E-state index < -0.39 is 0 Å². The van der Waals surface area contributed by atoms with Gasteiger partial charge in [0.1, 0.15) is 0 Å². The van der Waals surface area contributed by atoms with Crippen LogP contribution >= 0.6 is 0 Å². The standard InChI is InChI=1S/C9H17NO/c1-4-8(2)5-6-9(10)7-11-3/h5-6H,4,7,10H2,1-3H3/b8-5-,9-6+. The lowest BCUT2D eigenvalue weighted by Gasteiger charge is -1.96. The second-order valence-corrected chi connectivity index (χ2v) is 2.54. The lowest BCUT2D eigenvalue weighted by atomic mass is 10.2. The Balaban J connectivity index is 3.89. The maximum Gasteiger partial charge on any atom is 0.0856 e. The van der Waals surface area contributed by atoms with E-state index in [4.69, 9.17) is 10.5 Å². The van der Waals surface area contributed by atoms with Gasteiger partial charge in [-0.2, -0.15) is 0 Å². The number of hydrogen-bond acceptors (Lipinski definition) is 2. The number of nitrogens with two attached hydrogens (primary N) is 1. The second-order valence-electron chi connectivity index (χ2n) is 2.54. The van der Waals surface area contributed by atoms with Crippen molar-refractivity contribution in [2.45, 2.75) is 20.3 Å². The van der Waals surface area contributed by atoms with Gasteiger partial charge in [0.15, 0.2) is 0 Å². The van der Waals surface area contributed by atoms with Crippen LogP contribution in [0, 0.1) is 0 Å². The van der Waals surface area contributed by atoms with Gasteiger partial charge in [-0.3, -0.25) is 0 Å². The molecule has 0 fully saturated rings. The Morgan fingerprint density at radius 3 is 2.55 bits per heavy atom. The van der Waals surface area contributed by atoms with E-state index in [0.29, 0.717) is 6.61 Å². The van der Waals surface area contributed by atoms with Crippen molar-refractivity contribution in [1.82, 2.24) is 0 Å². The first kappa shape index (κ1) is 10.2. The van der Waals surface area contributed by atoms with Crippen molar-refractivity contribution in [2.24, 2.45) is 5.73 Å². The van der Waals surface area contributed by atoms with Crippen LogP contribution in [0.2, 0.25) is 0 Å². The summed E-state index contributed by atoms with van der Waals surface area (Å²) in [6.07, 6.45) is 4.98. The SMILES string of the molecule is CC/C(C)=C\C=C(\N)COC. The summed E-state index contributed by atoms with van der Waals surface area (Å²) < 4.78 is 4.85. The highest BCUT2D eigenvalue weighted by Gasteiger charge is 1.85. The molecule has 0 saturated carbocycles. The Labute approximate surface area is 68.7 Å². The highest BCUT2D eigenvalue weighted by molar-refractivity contribution is 5.14. The smallest absolute Gasteiger partial charge is 0.0856 e. The number of methoxy groups -OCH3 is 1. The first-order valence-electron chi connectivity index (χ1n) is 3.81. The summed E-state index contributed by atoms with van der Waals surface area (Å²) in [6, 6.07) is 0. The van der Waals surface area contributed by atoms with E-state index in [1.807, 2.05) is 12.2 Å². The van der Waals surface area contributed by atoms with Crippen molar-refractivity contribution in [1.29, 1.82) is 0 Å². The monoisotopic (exact) mass is 155 g/mol. The quantitative estimate of drug-likeness (QED) is 0.629. The molecule has 0 spiro atoms. The molecular weight excluding hydrogens is 138 g/mol. The second kappa shape index (κ2) is 5.98. The Hall–Kier alpha value is -0.760. The summed E-state index contributed by atoms with van der Waals surface area (Å²) >= 11 is 0. The summed E-state index contributed by atoms with van der Waals surface area (Å²) in [6.45, 7) is 4.70. The van der Waals surface area contributed by atoms with Crippen molar-refractivity contribution in [3.8, 4) is 0 Å². The van der Waals surface area contributed by atoms with Crippen LogP contribution in [0.5, 0.6) is 0 Å². The minimum absolute atomic E-state index is 0.507. The summed E-state index contributed by atoms with van der Waals surface area (Å²) in [5.74, 6) is 0. The third-order valence-corrected chi connectivity index (χ3v) is 1.45. The molecule has 2 heteroatoms. The maximum atomic E-state index is 5.58. The fourth-order valence-corrected chi connectivity index (χ4v) is 0.582. The predicted octanol–water partition coefficient (Wildman–Crippen LogP) is 1.83. The maximum absolute atomic E-state index is 5.58. The Morgan fingerprint density at radius 2 is 2.09 bits per heavy atom. The number of allylic oxidation sites excluding steroid dienone is 3. The molecule has 0 radical (unpaired) electrons. The molecule has 2 nitrogen and oxygen atoms in total. The van der Waals surface area contributed by atoms with Crippen molar-refractivity contribution >= 4 is 0 Å². The number of hydrogen-bond donors (Lipinski definition) is 1. The molecule has 64 valence electrons. The van der Waals surface area contributed by atoms with Crippen molar-refractivity contribution in [3.63, 3.8) is 0 Å². The first-order chi connectivity index (χ1) is 5.20. The van der Waals surface area contributed by atoms with Crippen LogP contribution in [0.4, 0.5) is 0 Å². The topological polar surface area (TPSA) is 35.2 Å². The lowest BCUT2D eigenvalue weighted by molar-refractivity contribution is 0.225. The molecule has 11 heavy (non-hydrogen) atoms. The normalized spacial score (nSPS) is 13.7. The molecule has 0 atom stereocenters. The van der Waals surface area contributed by atoms with Gasteiger partial charge in [-0.15, -0.1) is 0 Å². The Kier molecular flexibility index (Phi) is 5.57. The van der Waals surface area contributed by atoms with Gasteiger partial charge in [0.2, 0.25) is 0 Å². The highest BCUT2D eigenvalue weighted by Crippen LogP contribution is 1.98. The van der Waals surface area contributed by atoms with Gasteiger partial charge in [0.25, 0.3) is 0 Å². The fourth-order valence-electron chi connectivity index (χ4n) is 0.582. The van der Waals surface area contributed by atoms with Gasteiger partial charge in [0, 0.05) is 12.8 Å². The van der Waals surface area contributed by atoms with Crippen LogP contribution in [0.25, 0.3) is 0 Å². The van der Waals surface area contributed by atoms with Crippen molar-refractivity contribution in [2.75, 3.05) is 13.7 Å². The molecule has 0 saturated heterocycles. The molecule has 0 aliphatic carbocycles. The van der Waals surface area contributed by atoms with Crippen LogP contribution in [-0.2, 0) is 4.74 Å². The number of ether oxygens (including phenoxy) is 1. The summed E-state index contributed by atoms with van der Waals surface area (Å²) in [5.41, 5.74) is 7.67. The fraction of sp³-hybridized carbons (Fsp3) is 0.556. The minimum Gasteiger partial charge on any atom is -0.400 e. The Bertz CT molecular complexity index is 159. The van der Waals surface area contributed by atoms with Gasteiger partial charge in [-0.05, 0) is 19.4 Å². The summed E-state index contributed by atoms with van der Waals surface area (Å²) in [4.78, 5) is 0.